The van der Waals surface area contributed by atoms with Crippen LogP contribution in [0.3, 0.4) is 0 Å². The van der Waals surface area contributed by atoms with E-state index in [1.165, 1.54) is 0 Å². The first-order valence-corrected chi connectivity index (χ1v) is 7.16. The van der Waals surface area contributed by atoms with Crippen molar-refractivity contribution in [2.75, 3.05) is 7.11 Å². The largest absolute Gasteiger partial charge is 0.380 e. The van der Waals surface area contributed by atoms with Gasteiger partial charge in [0.2, 0.25) is 0 Å². The molecule has 0 aromatic heterocycles. The summed E-state index contributed by atoms with van der Waals surface area (Å²) in [6.07, 6.45) is 0. The smallest absolute Gasteiger partial charge is 0.251 e. The number of carbonyl (C=O) groups is 1. The Morgan fingerprint density at radius 3 is 2.48 bits per heavy atom. The van der Waals surface area contributed by atoms with Crippen molar-refractivity contribution in [1.29, 1.82) is 0 Å². The van der Waals surface area contributed by atoms with Gasteiger partial charge in [0.1, 0.15) is 0 Å². The van der Waals surface area contributed by atoms with Crippen LogP contribution in [0.15, 0.2) is 42.5 Å². The van der Waals surface area contributed by atoms with Gasteiger partial charge in [-0.3, -0.25) is 4.79 Å². The lowest BCUT2D eigenvalue weighted by molar-refractivity contribution is 0.0951. The Hall–Kier alpha value is -1.55. The summed E-state index contributed by atoms with van der Waals surface area (Å²) in [5, 5.41) is 3.94. The summed E-state index contributed by atoms with van der Waals surface area (Å²) in [6, 6.07) is 12.5. The second kappa shape index (κ2) is 7.46. The quantitative estimate of drug-likeness (QED) is 0.900. The van der Waals surface area contributed by atoms with Gasteiger partial charge in [-0.1, -0.05) is 41.4 Å². The molecule has 2 aromatic rings. The van der Waals surface area contributed by atoms with Crippen molar-refractivity contribution >= 4 is 29.1 Å². The molecule has 2 aromatic carbocycles. The zero-order valence-electron chi connectivity index (χ0n) is 11.5. The summed E-state index contributed by atoms with van der Waals surface area (Å²) in [4.78, 5) is 12.1. The van der Waals surface area contributed by atoms with Crippen LogP contribution in [0.4, 0.5) is 0 Å². The normalized spacial score (nSPS) is 10.4. The number of hydrogen-bond donors (Lipinski definition) is 1. The Balaban J connectivity index is 1.98. The third-order valence-corrected chi connectivity index (χ3v) is 3.57. The highest BCUT2D eigenvalue weighted by Gasteiger charge is 2.07. The van der Waals surface area contributed by atoms with Crippen LogP contribution in [0.25, 0.3) is 0 Å². The molecule has 5 heteroatoms. The molecule has 110 valence electrons. The zero-order chi connectivity index (χ0) is 15.2. The molecule has 0 fully saturated rings. The molecular formula is C16H15Cl2NO2. The third kappa shape index (κ3) is 4.46. The minimum absolute atomic E-state index is 0.148. The maximum atomic E-state index is 12.1. The van der Waals surface area contributed by atoms with E-state index >= 15 is 0 Å². The highest BCUT2D eigenvalue weighted by atomic mass is 35.5. The summed E-state index contributed by atoms with van der Waals surface area (Å²) < 4.78 is 5.03. The fraction of sp³-hybridized carbons (Fsp3) is 0.188. The molecule has 0 unspecified atom stereocenters. The van der Waals surface area contributed by atoms with Crippen LogP contribution in [-0.4, -0.2) is 13.0 Å². The average Bonchev–Trinajstić information content (AvgIpc) is 2.47. The monoisotopic (exact) mass is 323 g/mol. The van der Waals surface area contributed by atoms with E-state index in [1.54, 1.807) is 37.4 Å². The minimum atomic E-state index is -0.148. The molecule has 0 aliphatic carbocycles. The number of benzene rings is 2. The molecular weight excluding hydrogens is 309 g/mol. The van der Waals surface area contributed by atoms with Crippen molar-refractivity contribution in [2.24, 2.45) is 0 Å². The Bertz CT molecular complexity index is 627. The van der Waals surface area contributed by atoms with Crippen molar-refractivity contribution in [3.63, 3.8) is 0 Å². The highest BCUT2D eigenvalue weighted by Crippen LogP contribution is 2.20. The van der Waals surface area contributed by atoms with Crippen molar-refractivity contribution in [1.82, 2.24) is 5.32 Å². The van der Waals surface area contributed by atoms with Gasteiger partial charge in [-0.2, -0.15) is 0 Å². The van der Waals surface area contributed by atoms with E-state index in [0.717, 1.165) is 11.1 Å². The molecule has 0 heterocycles. The second-order valence-electron chi connectivity index (χ2n) is 4.55. The van der Waals surface area contributed by atoms with Crippen LogP contribution in [-0.2, 0) is 17.9 Å². The van der Waals surface area contributed by atoms with E-state index in [0.29, 0.717) is 28.8 Å². The van der Waals surface area contributed by atoms with E-state index in [2.05, 4.69) is 5.32 Å². The van der Waals surface area contributed by atoms with Crippen molar-refractivity contribution < 1.29 is 9.53 Å². The predicted octanol–water partition coefficient (Wildman–Crippen LogP) is 4.07. The standard InChI is InChI=1S/C16H15Cl2NO2/c1-21-10-11-2-4-12(5-3-11)16(20)19-9-13-6-7-14(17)8-15(13)18/h2-8H,9-10H2,1H3,(H,19,20). The van der Waals surface area contributed by atoms with Crippen molar-refractivity contribution in [3.05, 3.63) is 69.2 Å². The second-order valence-corrected chi connectivity index (χ2v) is 5.39. The number of halogens is 2. The summed E-state index contributed by atoms with van der Waals surface area (Å²) in [5.41, 5.74) is 2.44. The topological polar surface area (TPSA) is 38.3 Å². The molecule has 1 N–H and O–H groups in total. The lowest BCUT2D eigenvalue weighted by Gasteiger charge is -2.08. The van der Waals surface area contributed by atoms with E-state index in [-0.39, 0.29) is 5.91 Å². The van der Waals surface area contributed by atoms with Gasteiger partial charge in [-0.25, -0.2) is 0 Å². The summed E-state index contributed by atoms with van der Waals surface area (Å²) in [6.45, 7) is 0.886. The minimum Gasteiger partial charge on any atom is -0.380 e. The molecule has 3 nitrogen and oxygen atoms in total. The molecule has 1 amide bonds. The first-order chi connectivity index (χ1) is 10.1. The zero-order valence-corrected chi connectivity index (χ0v) is 13.0. The van der Waals surface area contributed by atoms with E-state index in [4.69, 9.17) is 27.9 Å². The van der Waals surface area contributed by atoms with Crippen LogP contribution in [0.1, 0.15) is 21.5 Å². The Labute approximate surface area is 133 Å². The molecule has 0 aliphatic rings. The SMILES string of the molecule is COCc1ccc(C(=O)NCc2ccc(Cl)cc2Cl)cc1. The van der Waals surface area contributed by atoms with Gasteiger partial charge in [0.05, 0.1) is 6.61 Å². The van der Waals surface area contributed by atoms with Gasteiger partial charge in [0.25, 0.3) is 5.91 Å². The Kier molecular flexibility index (Phi) is 5.62. The first-order valence-electron chi connectivity index (χ1n) is 6.40. The number of ether oxygens (including phenoxy) is 1. The van der Waals surface area contributed by atoms with Gasteiger partial charge in [-0.05, 0) is 35.4 Å². The van der Waals surface area contributed by atoms with Gasteiger partial charge >= 0.3 is 0 Å². The van der Waals surface area contributed by atoms with Gasteiger partial charge in [0, 0.05) is 29.3 Å². The van der Waals surface area contributed by atoms with Crippen LogP contribution >= 0.6 is 23.2 Å². The Morgan fingerprint density at radius 2 is 1.86 bits per heavy atom. The fourth-order valence-corrected chi connectivity index (χ4v) is 2.34. The maximum Gasteiger partial charge on any atom is 0.251 e. The van der Waals surface area contributed by atoms with E-state index in [1.807, 2.05) is 12.1 Å². The van der Waals surface area contributed by atoms with Crippen molar-refractivity contribution in [3.8, 4) is 0 Å². The number of methoxy groups -OCH3 is 1. The van der Waals surface area contributed by atoms with E-state index in [9.17, 15) is 4.79 Å². The van der Waals surface area contributed by atoms with Gasteiger partial charge in [-0.15, -0.1) is 0 Å². The molecule has 0 saturated carbocycles. The van der Waals surface area contributed by atoms with Crippen LogP contribution < -0.4 is 5.32 Å². The molecule has 0 aliphatic heterocycles. The molecule has 0 spiro atoms. The highest BCUT2D eigenvalue weighted by molar-refractivity contribution is 6.35. The summed E-state index contributed by atoms with van der Waals surface area (Å²) >= 11 is 11.9. The van der Waals surface area contributed by atoms with E-state index < -0.39 is 0 Å². The molecule has 0 atom stereocenters. The van der Waals surface area contributed by atoms with Crippen LogP contribution in [0.5, 0.6) is 0 Å². The molecule has 0 bridgehead atoms. The number of nitrogens with one attached hydrogen (secondary N) is 1. The molecule has 0 radical (unpaired) electrons. The number of rotatable bonds is 5. The van der Waals surface area contributed by atoms with Crippen LogP contribution in [0.2, 0.25) is 10.0 Å². The third-order valence-electron chi connectivity index (χ3n) is 2.98. The molecule has 21 heavy (non-hydrogen) atoms. The number of carbonyl (C=O) groups excluding carboxylic acids is 1. The average molecular weight is 324 g/mol. The molecule has 2 rings (SSSR count). The summed E-state index contributed by atoms with van der Waals surface area (Å²) in [5.74, 6) is -0.148. The lowest BCUT2D eigenvalue weighted by Crippen LogP contribution is -2.22. The predicted molar refractivity (Wildman–Crippen MR) is 84.8 cm³/mol. The fourth-order valence-electron chi connectivity index (χ4n) is 1.86. The van der Waals surface area contributed by atoms with Gasteiger partial charge < -0.3 is 10.1 Å². The van der Waals surface area contributed by atoms with Gasteiger partial charge in [0.15, 0.2) is 0 Å². The Morgan fingerprint density at radius 1 is 1.14 bits per heavy atom. The number of hydrogen-bond acceptors (Lipinski definition) is 2. The lowest BCUT2D eigenvalue weighted by atomic mass is 10.1. The van der Waals surface area contributed by atoms with Crippen LogP contribution in [0, 0.1) is 0 Å². The maximum absolute atomic E-state index is 12.1. The van der Waals surface area contributed by atoms with Crippen molar-refractivity contribution in [2.45, 2.75) is 13.2 Å². The molecule has 0 saturated heterocycles. The number of amides is 1. The summed E-state index contributed by atoms with van der Waals surface area (Å²) in [7, 11) is 1.64. The first kappa shape index (κ1) is 15.8.